The third kappa shape index (κ3) is 6.26. The second-order valence-electron chi connectivity index (χ2n) is 5.63. The summed E-state index contributed by atoms with van der Waals surface area (Å²) < 4.78 is 15.9. The van der Waals surface area contributed by atoms with Gasteiger partial charge in [0.1, 0.15) is 5.75 Å². The molecule has 6 nitrogen and oxygen atoms in total. The third-order valence-electron chi connectivity index (χ3n) is 3.47. The van der Waals surface area contributed by atoms with Crippen molar-refractivity contribution in [1.29, 1.82) is 0 Å². The summed E-state index contributed by atoms with van der Waals surface area (Å²) in [5.41, 5.74) is 0.952. The Kier molecular flexibility index (Phi) is 8.08. The summed E-state index contributed by atoms with van der Waals surface area (Å²) in [6.07, 6.45) is 1.61. The number of methoxy groups -OCH3 is 3. The highest BCUT2D eigenvalue weighted by molar-refractivity contribution is 5.73. The number of hydrogen-bond donors (Lipinski definition) is 2. The molecule has 0 spiro atoms. The van der Waals surface area contributed by atoms with Crippen molar-refractivity contribution in [3.05, 3.63) is 17.7 Å². The Morgan fingerprint density at radius 3 is 2.09 bits per heavy atom. The lowest BCUT2D eigenvalue weighted by atomic mass is 10.1. The van der Waals surface area contributed by atoms with Gasteiger partial charge in [-0.3, -0.25) is 0 Å². The number of nitrogens with one attached hydrogen (secondary N) is 2. The summed E-state index contributed by atoms with van der Waals surface area (Å²) in [5, 5.41) is 5.69. The minimum Gasteiger partial charge on any atom is -0.496 e. The molecule has 0 aliphatic rings. The van der Waals surface area contributed by atoms with Crippen LogP contribution >= 0.6 is 0 Å². The average molecular weight is 324 g/mol. The molecule has 0 radical (unpaired) electrons. The molecule has 1 rings (SSSR count). The zero-order valence-electron chi connectivity index (χ0n) is 14.7. The van der Waals surface area contributed by atoms with Gasteiger partial charge in [-0.1, -0.05) is 13.8 Å². The second-order valence-corrected chi connectivity index (χ2v) is 5.63. The monoisotopic (exact) mass is 324 g/mol. The first-order chi connectivity index (χ1) is 11.0. The highest BCUT2D eigenvalue weighted by atomic mass is 16.5. The highest BCUT2D eigenvalue weighted by Gasteiger charge is 2.12. The van der Waals surface area contributed by atoms with Crippen LogP contribution in [-0.2, 0) is 6.42 Å². The molecule has 2 amide bonds. The van der Waals surface area contributed by atoms with Crippen LogP contribution in [0.4, 0.5) is 4.79 Å². The van der Waals surface area contributed by atoms with E-state index in [1.807, 2.05) is 6.07 Å². The number of carbonyl (C=O) groups excluding carboxylic acids is 1. The van der Waals surface area contributed by atoms with E-state index in [1.165, 1.54) is 0 Å². The fraction of sp³-hybridized carbons (Fsp3) is 0.588. The maximum absolute atomic E-state index is 11.7. The number of ether oxygens (including phenoxy) is 3. The van der Waals surface area contributed by atoms with E-state index >= 15 is 0 Å². The maximum atomic E-state index is 11.7. The summed E-state index contributed by atoms with van der Waals surface area (Å²) in [6, 6.07) is 3.51. The van der Waals surface area contributed by atoms with E-state index in [0.717, 1.165) is 12.0 Å². The lowest BCUT2D eigenvalue weighted by Crippen LogP contribution is -2.37. The average Bonchev–Trinajstić information content (AvgIpc) is 2.53. The Hall–Kier alpha value is -2.11. The molecule has 0 heterocycles. The van der Waals surface area contributed by atoms with Crippen LogP contribution in [-0.4, -0.2) is 40.5 Å². The van der Waals surface area contributed by atoms with Crippen LogP contribution in [0.3, 0.4) is 0 Å². The van der Waals surface area contributed by atoms with Crippen LogP contribution < -0.4 is 24.8 Å². The minimum atomic E-state index is -0.148. The Morgan fingerprint density at radius 2 is 1.52 bits per heavy atom. The van der Waals surface area contributed by atoms with Crippen molar-refractivity contribution in [2.24, 2.45) is 5.92 Å². The third-order valence-corrected chi connectivity index (χ3v) is 3.47. The predicted molar refractivity (Wildman–Crippen MR) is 90.7 cm³/mol. The van der Waals surface area contributed by atoms with E-state index in [1.54, 1.807) is 27.4 Å². The fourth-order valence-electron chi connectivity index (χ4n) is 2.14. The van der Waals surface area contributed by atoms with Crippen LogP contribution in [0.15, 0.2) is 12.1 Å². The molecule has 130 valence electrons. The molecule has 0 aliphatic heterocycles. The largest absolute Gasteiger partial charge is 0.496 e. The molecule has 1 aromatic rings. The topological polar surface area (TPSA) is 68.8 Å². The summed E-state index contributed by atoms with van der Waals surface area (Å²) in [4.78, 5) is 11.7. The summed E-state index contributed by atoms with van der Waals surface area (Å²) in [6.45, 7) is 5.45. The predicted octanol–water partition coefficient (Wildman–Crippen LogP) is 2.60. The molecular weight excluding hydrogens is 296 g/mol. The normalized spacial score (nSPS) is 10.3. The second kappa shape index (κ2) is 9.82. The lowest BCUT2D eigenvalue weighted by molar-refractivity contribution is 0.240. The van der Waals surface area contributed by atoms with Gasteiger partial charge in [0.05, 0.1) is 21.3 Å². The maximum Gasteiger partial charge on any atom is 0.314 e. The van der Waals surface area contributed by atoms with Crippen molar-refractivity contribution in [3.63, 3.8) is 0 Å². The number of carbonyl (C=O) groups is 1. The SMILES string of the molecule is COc1cc(OC)c(OC)cc1CCNC(=O)NCCC(C)C. The molecule has 2 N–H and O–H groups in total. The van der Waals surface area contributed by atoms with E-state index < -0.39 is 0 Å². The van der Waals surface area contributed by atoms with Crippen molar-refractivity contribution in [1.82, 2.24) is 10.6 Å². The molecule has 0 saturated heterocycles. The molecule has 0 bridgehead atoms. The van der Waals surface area contributed by atoms with E-state index in [4.69, 9.17) is 14.2 Å². The lowest BCUT2D eigenvalue weighted by Gasteiger charge is -2.14. The quantitative estimate of drug-likeness (QED) is 0.732. The molecule has 6 heteroatoms. The minimum absolute atomic E-state index is 0.148. The molecular formula is C17H28N2O4. The van der Waals surface area contributed by atoms with Gasteiger partial charge >= 0.3 is 6.03 Å². The number of benzene rings is 1. The van der Waals surface area contributed by atoms with Gasteiger partial charge in [-0.2, -0.15) is 0 Å². The van der Waals surface area contributed by atoms with Crippen molar-refractivity contribution in [3.8, 4) is 17.2 Å². The molecule has 0 fully saturated rings. The molecule has 0 aromatic heterocycles. The van der Waals surface area contributed by atoms with Crippen LogP contribution in [0.1, 0.15) is 25.8 Å². The van der Waals surface area contributed by atoms with Gasteiger partial charge in [0.25, 0.3) is 0 Å². The first-order valence-electron chi connectivity index (χ1n) is 7.82. The number of hydrogen-bond acceptors (Lipinski definition) is 4. The number of amides is 2. The molecule has 0 atom stereocenters. The Balaban J connectivity index is 2.55. The van der Waals surface area contributed by atoms with Crippen molar-refractivity contribution in [2.45, 2.75) is 26.7 Å². The van der Waals surface area contributed by atoms with Crippen molar-refractivity contribution in [2.75, 3.05) is 34.4 Å². The summed E-state index contributed by atoms with van der Waals surface area (Å²) in [5.74, 6) is 2.55. The standard InChI is InChI=1S/C17H28N2O4/c1-12(2)6-8-18-17(20)19-9-7-13-10-15(22-4)16(23-5)11-14(13)21-3/h10-12H,6-9H2,1-5H3,(H2,18,19,20). The van der Waals surface area contributed by atoms with Crippen molar-refractivity contribution >= 4 is 6.03 Å². The Morgan fingerprint density at radius 1 is 0.957 bits per heavy atom. The zero-order chi connectivity index (χ0) is 17.2. The summed E-state index contributed by atoms with van der Waals surface area (Å²) >= 11 is 0. The van der Waals surface area contributed by atoms with Gasteiger partial charge in [-0.25, -0.2) is 4.79 Å². The van der Waals surface area contributed by atoms with E-state index in [2.05, 4.69) is 24.5 Å². The van der Waals surface area contributed by atoms with Gasteiger partial charge < -0.3 is 24.8 Å². The molecule has 0 unspecified atom stereocenters. The molecule has 0 saturated carbocycles. The number of urea groups is 1. The van der Waals surface area contributed by atoms with Gasteiger partial charge in [0.15, 0.2) is 11.5 Å². The van der Waals surface area contributed by atoms with Gasteiger partial charge in [0.2, 0.25) is 0 Å². The van der Waals surface area contributed by atoms with Crippen LogP contribution in [0, 0.1) is 5.92 Å². The Bertz CT molecular complexity index is 504. The number of rotatable bonds is 9. The fourth-order valence-corrected chi connectivity index (χ4v) is 2.14. The first-order valence-corrected chi connectivity index (χ1v) is 7.82. The smallest absolute Gasteiger partial charge is 0.314 e. The molecule has 0 aliphatic carbocycles. The highest BCUT2D eigenvalue weighted by Crippen LogP contribution is 2.34. The van der Waals surface area contributed by atoms with Crippen LogP contribution in [0.5, 0.6) is 17.2 Å². The zero-order valence-corrected chi connectivity index (χ0v) is 14.7. The van der Waals surface area contributed by atoms with Gasteiger partial charge in [-0.15, -0.1) is 0 Å². The van der Waals surface area contributed by atoms with Crippen molar-refractivity contribution < 1.29 is 19.0 Å². The first kappa shape index (κ1) is 18.9. The molecule has 1 aromatic carbocycles. The van der Waals surface area contributed by atoms with Crippen LogP contribution in [0.25, 0.3) is 0 Å². The van der Waals surface area contributed by atoms with Gasteiger partial charge in [0, 0.05) is 19.2 Å². The van der Waals surface area contributed by atoms with E-state index in [9.17, 15) is 4.79 Å². The summed E-state index contributed by atoms with van der Waals surface area (Å²) in [7, 11) is 4.78. The van der Waals surface area contributed by atoms with E-state index in [-0.39, 0.29) is 6.03 Å². The van der Waals surface area contributed by atoms with Gasteiger partial charge in [-0.05, 0) is 30.4 Å². The van der Waals surface area contributed by atoms with E-state index in [0.29, 0.717) is 42.7 Å². The molecule has 23 heavy (non-hydrogen) atoms. The Labute approximate surface area is 138 Å². The van der Waals surface area contributed by atoms with Crippen LogP contribution in [0.2, 0.25) is 0 Å².